The van der Waals surface area contributed by atoms with E-state index >= 15 is 0 Å². The molecule has 12 heavy (non-hydrogen) atoms. The summed E-state index contributed by atoms with van der Waals surface area (Å²) in [4.78, 5) is 9.95. The Morgan fingerprint density at radius 1 is 1.42 bits per heavy atom. The molecule has 1 radical (unpaired) electrons. The molecule has 0 N–H and O–H groups in total. The molecule has 0 saturated heterocycles. The maximum Gasteiger partial charge on any atom is 0.418 e. The van der Waals surface area contributed by atoms with Crippen LogP contribution in [0.2, 0.25) is 0 Å². The topological polar surface area (TPSA) is 26.3 Å². The molecule has 1 atom stereocenters. The van der Waals surface area contributed by atoms with Crippen LogP contribution in [-0.4, -0.2) is 6.47 Å². The highest BCUT2D eigenvalue weighted by Crippen LogP contribution is 2.16. The van der Waals surface area contributed by atoms with Crippen molar-refractivity contribution in [2.75, 3.05) is 0 Å². The number of ether oxygens (including phenoxy) is 1. The van der Waals surface area contributed by atoms with Crippen LogP contribution in [0.1, 0.15) is 11.7 Å². The molecule has 1 rings (SSSR count). The van der Waals surface area contributed by atoms with Crippen molar-refractivity contribution in [3.63, 3.8) is 0 Å². The number of rotatable bonds is 4. The molecule has 1 aromatic rings. The molecule has 0 bridgehead atoms. The number of hydrogen-bond donors (Lipinski definition) is 0. The summed E-state index contributed by atoms with van der Waals surface area (Å²) in [6.45, 7) is 4.95. The summed E-state index contributed by atoms with van der Waals surface area (Å²) < 4.78 is 4.65. The van der Waals surface area contributed by atoms with Crippen molar-refractivity contribution >= 4 is 6.47 Å². The molecule has 1 aromatic carbocycles. The predicted molar refractivity (Wildman–Crippen MR) is 46.2 cm³/mol. The Balaban J connectivity index is 2.79. The van der Waals surface area contributed by atoms with Gasteiger partial charge in [-0.3, -0.25) is 0 Å². The van der Waals surface area contributed by atoms with Crippen LogP contribution in [0, 0.1) is 0 Å². The molecule has 0 aliphatic carbocycles. The minimum atomic E-state index is -0.385. The summed E-state index contributed by atoms with van der Waals surface area (Å²) in [7, 11) is 0. The van der Waals surface area contributed by atoms with Gasteiger partial charge in [0.1, 0.15) is 6.10 Å². The van der Waals surface area contributed by atoms with Gasteiger partial charge < -0.3 is 4.74 Å². The van der Waals surface area contributed by atoms with Gasteiger partial charge in [-0.2, -0.15) is 0 Å². The zero-order valence-corrected chi connectivity index (χ0v) is 6.57. The van der Waals surface area contributed by atoms with E-state index in [1.165, 1.54) is 6.47 Å². The predicted octanol–water partition coefficient (Wildman–Crippen LogP) is 2.00. The lowest BCUT2D eigenvalue weighted by Crippen LogP contribution is -1.98. The van der Waals surface area contributed by atoms with E-state index in [0.29, 0.717) is 0 Å². The summed E-state index contributed by atoms with van der Waals surface area (Å²) >= 11 is 0. The number of carbonyl (C=O) groups excluding carboxylic acids is 1. The fourth-order valence-corrected chi connectivity index (χ4v) is 0.947. The van der Waals surface area contributed by atoms with Crippen molar-refractivity contribution in [2.45, 2.75) is 6.10 Å². The second-order valence-electron chi connectivity index (χ2n) is 2.27. The van der Waals surface area contributed by atoms with Gasteiger partial charge in [0.25, 0.3) is 0 Å². The van der Waals surface area contributed by atoms with Gasteiger partial charge in [-0.1, -0.05) is 36.9 Å². The molecule has 0 fully saturated rings. The van der Waals surface area contributed by atoms with Gasteiger partial charge in [-0.25, -0.2) is 4.79 Å². The van der Waals surface area contributed by atoms with Crippen molar-refractivity contribution in [1.29, 1.82) is 0 Å². The summed E-state index contributed by atoms with van der Waals surface area (Å²) in [6, 6.07) is 9.38. The summed E-state index contributed by atoms with van der Waals surface area (Å²) in [5.41, 5.74) is 0.899. The third-order valence-corrected chi connectivity index (χ3v) is 1.52. The number of benzene rings is 1. The Kier molecular flexibility index (Phi) is 3.08. The Bertz CT molecular complexity index is 254. The first kappa shape index (κ1) is 8.53. The molecule has 0 aliphatic rings. The maximum absolute atomic E-state index is 9.95. The first-order chi connectivity index (χ1) is 5.88. The van der Waals surface area contributed by atoms with Crippen LogP contribution in [0.5, 0.6) is 0 Å². The Hall–Kier alpha value is -1.57. The third-order valence-electron chi connectivity index (χ3n) is 1.52. The van der Waals surface area contributed by atoms with E-state index in [-0.39, 0.29) is 6.10 Å². The summed E-state index contributed by atoms with van der Waals surface area (Å²) in [6.07, 6.45) is 1.17. The van der Waals surface area contributed by atoms with Crippen LogP contribution >= 0.6 is 0 Å². The van der Waals surface area contributed by atoms with Crippen LogP contribution < -0.4 is 0 Å². The Morgan fingerprint density at radius 2 is 2.08 bits per heavy atom. The largest absolute Gasteiger partial charge is 0.445 e. The highest BCUT2D eigenvalue weighted by Gasteiger charge is 2.05. The monoisotopic (exact) mass is 161 g/mol. The van der Waals surface area contributed by atoms with Gasteiger partial charge in [0.05, 0.1) is 0 Å². The van der Waals surface area contributed by atoms with Crippen molar-refractivity contribution in [3.8, 4) is 0 Å². The van der Waals surface area contributed by atoms with Gasteiger partial charge in [0.15, 0.2) is 0 Å². The average molecular weight is 161 g/mol. The van der Waals surface area contributed by atoms with E-state index in [4.69, 9.17) is 0 Å². The second-order valence-corrected chi connectivity index (χ2v) is 2.27. The molecule has 2 heteroatoms. The standard InChI is InChI=1S/C10H9O2/c1-2-10(12-8-11)9-6-4-3-5-7-9/h2-7,10H,1H2. The smallest absolute Gasteiger partial charge is 0.418 e. The SMILES string of the molecule is C=CC(O[C]=O)c1ccccc1. The second kappa shape index (κ2) is 4.34. The van der Waals surface area contributed by atoms with Gasteiger partial charge in [0.2, 0.25) is 0 Å². The van der Waals surface area contributed by atoms with Crippen molar-refractivity contribution < 1.29 is 9.53 Å². The van der Waals surface area contributed by atoms with Crippen LogP contribution in [0.15, 0.2) is 43.0 Å². The van der Waals surface area contributed by atoms with Gasteiger partial charge in [0, 0.05) is 0 Å². The summed E-state index contributed by atoms with van der Waals surface area (Å²) in [5, 5.41) is 0. The third kappa shape index (κ3) is 1.95. The molecule has 61 valence electrons. The fraction of sp³-hybridized carbons (Fsp3) is 0.100. The van der Waals surface area contributed by atoms with Gasteiger partial charge in [-0.05, 0) is 11.6 Å². The van der Waals surface area contributed by atoms with Crippen LogP contribution in [-0.2, 0) is 9.53 Å². The lowest BCUT2D eigenvalue weighted by Gasteiger charge is -2.08. The normalized spacial score (nSPS) is 11.7. The lowest BCUT2D eigenvalue weighted by molar-refractivity contribution is 0.223. The minimum Gasteiger partial charge on any atom is -0.445 e. The lowest BCUT2D eigenvalue weighted by atomic mass is 10.1. The average Bonchev–Trinajstić information content (AvgIpc) is 2.15. The van der Waals surface area contributed by atoms with Crippen LogP contribution in [0.4, 0.5) is 0 Å². The van der Waals surface area contributed by atoms with E-state index in [0.717, 1.165) is 5.56 Å². The molecule has 0 saturated carbocycles. The van der Waals surface area contributed by atoms with E-state index in [2.05, 4.69) is 11.3 Å². The quantitative estimate of drug-likeness (QED) is 0.631. The zero-order chi connectivity index (χ0) is 8.81. The first-order valence-electron chi connectivity index (χ1n) is 3.58. The Labute approximate surface area is 71.5 Å². The van der Waals surface area contributed by atoms with Gasteiger partial charge >= 0.3 is 6.47 Å². The van der Waals surface area contributed by atoms with Crippen molar-refractivity contribution in [2.24, 2.45) is 0 Å². The van der Waals surface area contributed by atoms with Crippen LogP contribution in [0.25, 0.3) is 0 Å². The molecular formula is C10H9O2. The van der Waals surface area contributed by atoms with E-state index in [9.17, 15) is 4.79 Å². The molecule has 0 aromatic heterocycles. The van der Waals surface area contributed by atoms with Crippen molar-refractivity contribution in [3.05, 3.63) is 48.6 Å². The van der Waals surface area contributed by atoms with Crippen LogP contribution in [0.3, 0.4) is 0 Å². The maximum atomic E-state index is 9.95. The molecule has 0 aliphatic heterocycles. The number of hydrogen-bond acceptors (Lipinski definition) is 2. The highest BCUT2D eigenvalue weighted by molar-refractivity contribution is 5.40. The molecule has 1 unspecified atom stereocenters. The molecular weight excluding hydrogens is 152 g/mol. The molecule has 2 nitrogen and oxygen atoms in total. The molecule has 0 spiro atoms. The van der Waals surface area contributed by atoms with E-state index in [1.54, 1.807) is 6.08 Å². The molecule has 0 amide bonds. The highest BCUT2D eigenvalue weighted by atomic mass is 16.5. The fourth-order valence-electron chi connectivity index (χ4n) is 0.947. The molecule has 0 heterocycles. The Morgan fingerprint density at radius 3 is 2.58 bits per heavy atom. The summed E-state index contributed by atoms with van der Waals surface area (Å²) in [5.74, 6) is 0. The van der Waals surface area contributed by atoms with E-state index < -0.39 is 0 Å². The van der Waals surface area contributed by atoms with E-state index in [1.807, 2.05) is 30.3 Å². The van der Waals surface area contributed by atoms with Gasteiger partial charge in [-0.15, -0.1) is 0 Å². The minimum absolute atomic E-state index is 0.385. The van der Waals surface area contributed by atoms with Crippen molar-refractivity contribution in [1.82, 2.24) is 0 Å². The first-order valence-corrected chi connectivity index (χ1v) is 3.58. The zero-order valence-electron chi connectivity index (χ0n) is 6.57.